The number of rotatable bonds is 1. The molecule has 0 atom stereocenters. The Balaban J connectivity index is 2.37. The average Bonchev–Trinajstić information content (AvgIpc) is 2.92. The Kier molecular flexibility index (Phi) is 1.37. The van der Waals surface area contributed by atoms with E-state index in [0.717, 1.165) is 16.9 Å². The van der Waals surface area contributed by atoms with Crippen LogP contribution in [-0.2, 0) is 0 Å². The van der Waals surface area contributed by atoms with Crippen LogP contribution in [-0.4, -0.2) is 9.97 Å². The predicted octanol–water partition coefficient (Wildman–Crippen LogP) is 1.99. The Bertz CT molecular complexity index is 499. The van der Waals surface area contributed by atoms with Crippen LogP contribution in [0.15, 0.2) is 10.7 Å². The van der Waals surface area contributed by atoms with Crippen molar-refractivity contribution in [1.29, 1.82) is 0 Å². The molecule has 72 valence electrons. The first kappa shape index (κ1) is 7.79. The number of hydrogen-bond acceptors (Lipinski definition) is 4. The van der Waals surface area contributed by atoms with E-state index in [9.17, 15) is 0 Å². The molecule has 2 aromatic heterocycles. The van der Waals surface area contributed by atoms with Gasteiger partial charge < -0.3 is 10.2 Å². The smallest absolute Gasteiger partial charge is 0.231 e. The van der Waals surface area contributed by atoms with Crippen LogP contribution in [0, 0.1) is 6.92 Å². The van der Waals surface area contributed by atoms with Gasteiger partial charge in [0, 0.05) is 5.92 Å². The first-order chi connectivity index (χ1) is 6.75. The van der Waals surface area contributed by atoms with Crippen molar-refractivity contribution in [2.24, 2.45) is 0 Å². The van der Waals surface area contributed by atoms with Crippen molar-refractivity contribution in [3.05, 3.63) is 17.8 Å². The third-order valence-electron chi connectivity index (χ3n) is 2.57. The Morgan fingerprint density at radius 3 is 2.93 bits per heavy atom. The lowest BCUT2D eigenvalue weighted by Gasteiger charge is -2.00. The molecule has 2 heterocycles. The Morgan fingerprint density at radius 2 is 2.21 bits per heavy atom. The summed E-state index contributed by atoms with van der Waals surface area (Å²) in [4.78, 5) is 8.65. The molecular formula is C10H11N3O. The summed E-state index contributed by atoms with van der Waals surface area (Å²) in [6.07, 6.45) is 3.96. The van der Waals surface area contributed by atoms with Crippen molar-refractivity contribution in [2.45, 2.75) is 25.7 Å². The zero-order chi connectivity index (χ0) is 9.71. The molecular weight excluding hydrogens is 178 g/mol. The van der Waals surface area contributed by atoms with Gasteiger partial charge in [-0.15, -0.1) is 0 Å². The van der Waals surface area contributed by atoms with Crippen LogP contribution < -0.4 is 5.73 Å². The Morgan fingerprint density at radius 1 is 1.43 bits per heavy atom. The average molecular weight is 189 g/mol. The highest BCUT2D eigenvalue weighted by Crippen LogP contribution is 2.43. The van der Waals surface area contributed by atoms with Gasteiger partial charge in [-0.1, -0.05) is 0 Å². The van der Waals surface area contributed by atoms with E-state index in [4.69, 9.17) is 10.2 Å². The molecule has 2 N–H and O–H groups in total. The van der Waals surface area contributed by atoms with Gasteiger partial charge in [-0.2, -0.15) is 4.98 Å². The monoisotopic (exact) mass is 189 g/mol. The molecule has 14 heavy (non-hydrogen) atoms. The number of nitrogen functional groups attached to an aromatic ring is 1. The van der Waals surface area contributed by atoms with Gasteiger partial charge in [-0.25, -0.2) is 4.98 Å². The minimum atomic E-state index is 0.569. The van der Waals surface area contributed by atoms with E-state index in [1.165, 1.54) is 12.8 Å². The van der Waals surface area contributed by atoms with Gasteiger partial charge in [-0.3, -0.25) is 0 Å². The predicted molar refractivity (Wildman–Crippen MR) is 52.9 cm³/mol. The second-order valence-electron chi connectivity index (χ2n) is 3.80. The third kappa shape index (κ3) is 0.999. The summed E-state index contributed by atoms with van der Waals surface area (Å²) in [5, 5.41) is 0.915. The van der Waals surface area contributed by atoms with E-state index in [0.29, 0.717) is 17.3 Å². The lowest BCUT2D eigenvalue weighted by molar-refractivity contribution is 0.601. The molecule has 0 radical (unpaired) electrons. The molecule has 4 heteroatoms. The summed E-state index contributed by atoms with van der Waals surface area (Å²) < 4.78 is 5.27. The van der Waals surface area contributed by atoms with E-state index in [-0.39, 0.29) is 0 Å². The number of nitrogens with two attached hydrogens (primary N) is 1. The van der Waals surface area contributed by atoms with Crippen LogP contribution >= 0.6 is 0 Å². The molecule has 1 saturated carbocycles. The number of nitrogens with zero attached hydrogens (tertiary/aromatic N) is 2. The summed E-state index contributed by atoms with van der Waals surface area (Å²) in [6.45, 7) is 1.88. The molecule has 0 saturated heterocycles. The summed E-state index contributed by atoms with van der Waals surface area (Å²) >= 11 is 0. The molecule has 3 rings (SSSR count). The number of anilines is 1. The fraction of sp³-hybridized carbons (Fsp3) is 0.400. The molecule has 0 amide bonds. The van der Waals surface area contributed by atoms with E-state index in [2.05, 4.69) is 9.97 Å². The highest BCUT2D eigenvalue weighted by molar-refractivity contribution is 5.89. The van der Waals surface area contributed by atoms with Crippen molar-refractivity contribution >= 4 is 16.8 Å². The fourth-order valence-corrected chi connectivity index (χ4v) is 1.75. The Labute approximate surface area is 81.1 Å². The van der Waals surface area contributed by atoms with Crippen LogP contribution in [0.2, 0.25) is 0 Å². The summed E-state index contributed by atoms with van der Waals surface area (Å²) in [7, 11) is 0. The topological polar surface area (TPSA) is 64.9 Å². The van der Waals surface area contributed by atoms with Gasteiger partial charge in [0.15, 0.2) is 0 Å². The second-order valence-corrected chi connectivity index (χ2v) is 3.80. The van der Waals surface area contributed by atoms with E-state index < -0.39 is 0 Å². The second kappa shape index (κ2) is 2.47. The van der Waals surface area contributed by atoms with Crippen LogP contribution in [0.1, 0.15) is 30.3 Å². The van der Waals surface area contributed by atoms with Gasteiger partial charge in [0.05, 0.1) is 16.8 Å². The normalized spacial score (nSPS) is 16.4. The number of aromatic nitrogens is 2. The first-order valence-corrected chi connectivity index (χ1v) is 4.77. The molecule has 0 aromatic carbocycles. The van der Waals surface area contributed by atoms with Gasteiger partial charge >= 0.3 is 0 Å². The minimum absolute atomic E-state index is 0.569. The van der Waals surface area contributed by atoms with Crippen LogP contribution in [0.25, 0.3) is 11.1 Å². The van der Waals surface area contributed by atoms with Crippen molar-refractivity contribution in [1.82, 2.24) is 9.97 Å². The number of fused-ring (bicyclic) bond motifs is 1. The van der Waals surface area contributed by atoms with Gasteiger partial charge in [0.25, 0.3) is 0 Å². The van der Waals surface area contributed by atoms with Gasteiger partial charge in [-0.05, 0) is 19.8 Å². The molecule has 4 nitrogen and oxygen atoms in total. The van der Waals surface area contributed by atoms with Crippen molar-refractivity contribution in [3.63, 3.8) is 0 Å². The maximum Gasteiger partial charge on any atom is 0.231 e. The number of aryl methyl sites for hydroxylation is 1. The highest BCUT2D eigenvalue weighted by Gasteiger charge is 2.29. The van der Waals surface area contributed by atoms with Gasteiger partial charge in [0.1, 0.15) is 12.1 Å². The summed E-state index contributed by atoms with van der Waals surface area (Å²) in [5.41, 5.74) is 8.16. The molecule has 0 unspecified atom stereocenters. The SMILES string of the molecule is Cc1nc(C2CC2)c2c(N)coc2n1. The lowest BCUT2D eigenvalue weighted by Crippen LogP contribution is -1.96. The first-order valence-electron chi connectivity index (χ1n) is 4.77. The standard InChI is InChI=1S/C10H11N3O/c1-5-12-9(6-2-3-6)8-7(11)4-14-10(8)13-5/h4,6H,2-3,11H2,1H3. The Hall–Kier alpha value is -1.58. The van der Waals surface area contributed by atoms with E-state index in [1.807, 2.05) is 6.92 Å². The summed E-state index contributed by atoms with van der Waals surface area (Å²) in [6, 6.07) is 0. The molecule has 1 fully saturated rings. The minimum Gasteiger partial charge on any atom is -0.444 e. The van der Waals surface area contributed by atoms with Crippen molar-refractivity contribution < 1.29 is 4.42 Å². The van der Waals surface area contributed by atoms with Crippen LogP contribution in [0.5, 0.6) is 0 Å². The largest absolute Gasteiger partial charge is 0.444 e. The molecule has 0 spiro atoms. The maximum atomic E-state index is 5.82. The van der Waals surface area contributed by atoms with Crippen molar-refractivity contribution in [3.8, 4) is 0 Å². The quantitative estimate of drug-likeness (QED) is 0.745. The highest BCUT2D eigenvalue weighted by atomic mass is 16.3. The van der Waals surface area contributed by atoms with Crippen LogP contribution in [0.4, 0.5) is 5.69 Å². The fourth-order valence-electron chi connectivity index (χ4n) is 1.75. The zero-order valence-corrected chi connectivity index (χ0v) is 7.95. The molecule has 0 aliphatic heterocycles. The molecule has 0 bridgehead atoms. The maximum absolute atomic E-state index is 5.82. The van der Waals surface area contributed by atoms with E-state index in [1.54, 1.807) is 6.26 Å². The van der Waals surface area contributed by atoms with Crippen LogP contribution in [0.3, 0.4) is 0 Å². The molecule has 2 aromatic rings. The third-order valence-corrected chi connectivity index (χ3v) is 2.57. The lowest BCUT2D eigenvalue weighted by atomic mass is 10.2. The van der Waals surface area contributed by atoms with Gasteiger partial charge in [0.2, 0.25) is 5.71 Å². The number of furan rings is 1. The zero-order valence-electron chi connectivity index (χ0n) is 7.95. The van der Waals surface area contributed by atoms with E-state index >= 15 is 0 Å². The van der Waals surface area contributed by atoms with Crippen molar-refractivity contribution in [2.75, 3.05) is 5.73 Å². The summed E-state index contributed by atoms with van der Waals surface area (Å²) in [5.74, 6) is 1.33. The molecule has 1 aliphatic rings. The molecule has 1 aliphatic carbocycles. The number of hydrogen-bond donors (Lipinski definition) is 1.